The summed E-state index contributed by atoms with van der Waals surface area (Å²) in [6.45, 7) is 4.88. The highest BCUT2D eigenvalue weighted by atomic mass is 31.2. The number of phosphoric ester groups is 1. The standard InChI is InChI=1S/C38H79N2O6P/c1-6-8-10-12-14-16-18-20-21-23-25-27-29-31-37(41)36(35-46-47(43,44)45-34-33-40(3,4)5)39-38(42)32-30-28-26-24-22-19-17-15-13-11-9-7-2/h36-37,41H,6-35H2,1-5H3,(H-,39,42,43,44)/p+1. The topological polar surface area (TPSA) is 105 Å². The molecule has 0 aliphatic carbocycles. The van der Waals surface area contributed by atoms with E-state index < -0.39 is 20.0 Å². The maximum atomic E-state index is 12.8. The van der Waals surface area contributed by atoms with Crippen LogP contribution in [0.4, 0.5) is 0 Å². The summed E-state index contributed by atoms with van der Waals surface area (Å²) in [5.41, 5.74) is 0. The van der Waals surface area contributed by atoms with Crippen molar-refractivity contribution in [2.45, 2.75) is 199 Å². The molecule has 0 aromatic heterocycles. The molecular formula is C38H80N2O6P+. The number of nitrogens with one attached hydrogen (secondary N) is 1. The Bertz CT molecular complexity index is 748. The summed E-state index contributed by atoms with van der Waals surface area (Å²) in [7, 11) is 1.62. The Morgan fingerprint density at radius 2 is 1.02 bits per heavy atom. The first kappa shape index (κ1) is 46.5. The monoisotopic (exact) mass is 692 g/mol. The van der Waals surface area contributed by atoms with Gasteiger partial charge < -0.3 is 19.8 Å². The first-order valence-electron chi connectivity index (χ1n) is 19.9. The van der Waals surface area contributed by atoms with Gasteiger partial charge in [0.05, 0.1) is 39.9 Å². The Morgan fingerprint density at radius 3 is 1.43 bits per heavy atom. The molecule has 0 fully saturated rings. The minimum Gasteiger partial charge on any atom is -0.391 e. The first-order chi connectivity index (χ1) is 22.5. The van der Waals surface area contributed by atoms with Crippen molar-refractivity contribution in [2.24, 2.45) is 0 Å². The number of quaternary nitrogens is 1. The molecule has 8 nitrogen and oxygen atoms in total. The van der Waals surface area contributed by atoms with E-state index in [1.807, 2.05) is 21.1 Å². The number of carbonyl (C=O) groups is 1. The second-order valence-corrected chi connectivity index (χ2v) is 16.5. The molecule has 0 saturated heterocycles. The highest BCUT2D eigenvalue weighted by Crippen LogP contribution is 2.43. The molecule has 282 valence electrons. The SMILES string of the molecule is CCCCCCCCCCCCCCCC(O)C(COP(=O)(O)OCC[N+](C)(C)C)NC(=O)CCCCCCCCCCCCCC. The second-order valence-electron chi connectivity index (χ2n) is 15.0. The predicted molar refractivity (Wildman–Crippen MR) is 199 cm³/mol. The van der Waals surface area contributed by atoms with Crippen molar-refractivity contribution in [1.82, 2.24) is 5.32 Å². The zero-order valence-electron chi connectivity index (χ0n) is 31.8. The van der Waals surface area contributed by atoms with Crippen molar-refractivity contribution < 1.29 is 32.9 Å². The van der Waals surface area contributed by atoms with Crippen LogP contribution in [-0.2, 0) is 18.4 Å². The summed E-state index contributed by atoms with van der Waals surface area (Å²) < 4.78 is 23.5. The van der Waals surface area contributed by atoms with E-state index in [2.05, 4.69) is 19.2 Å². The van der Waals surface area contributed by atoms with Crippen molar-refractivity contribution >= 4 is 13.7 Å². The van der Waals surface area contributed by atoms with Gasteiger partial charge in [0.2, 0.25) is 5.91 Å². The van der Waals surface area contributed by atoms with Gasteiger partial charge in [-0.25, -0.2) is 4.57 Å². The first-order valence-corrected chi connectivity index (χ1v) is 21.4. The second kappa shape index (κ2) is 31.5. The van der Waals surface area contributed by atoms with Crippen LogP contribution >= 0.6 is 7.82 Å². The Hall–Kier alpha value is -0.500. The molecule has 0 spiro atoms. The fourth-order valence-corrected chi connectivity index (χ4v) is 6.60. The molecule has 0 aromatic rings. The normalized spacial score (nSPS) is 14.6. The van der Waals surface area contributed by atoms with Crippen LogP contribution in [0.25, 0.3) is 0 Å². The third kappa shape index (κ3) is 33.8. The lowest BCUT2D eigenvalue weighted by atomic mass is 10.0. The molecule has 3 N–H and O–H groups in total. The van der Waals surface area contributed by atoms with E-state index in [0.717, 1.165) is 38.5 Å². The average molecular weight is 692 g/mol. The van der Waals surface area contributed by atoms with Gasteiger partial charge in [0.1, 0.15) is 13.2 Å². The van der Waals surface area contributed by atoms with E-state index >= 15 is 0 Å². The molecular weight excluding hydrogens is 611 g/mol. The van der Waals surface area contributed by atoms with Crippen LogP contribution in [-0.4, -0.2) is 73.4 Å². The Morgan fingerprint density at radius 1 is 0.638 bits per heavy atom. The molecule has 9 heteroatoms. The molecule has 0 rings (SSSR count). The van der Waals surface area contributed by atoms with E-state index in [1.165, 1.54) is 122 Å². The lowest BCUT2D eigenvalue weighted by Gasteiger charge is -2.26. The van der Waals surface area contributed by atoms with Crippen molar-refractivity contribution in [3.8, 4) is 0 Å². The molecule has 0 heterocycles. The molecule has 0 saturated carbocycles. The number of carbonyl (C=O) groups excluding carboxylic acids is 1. The molecule has 47 heavy (non-hydrogen) atoms. The largest absolute Gasteiger partial charge is 0.472 e. The van der Waals surface area contributed by atoms with E-state index in [1.54, 1.807) is 0 Å². The third-order valence-electron chi connectivity index (χ3n) is 9.11. The molecule has 3 atom stereocenters. The smallest absolute Gasteiger partial charge is 0.391 e. The molecule has 3 unspecified atom stereocenters. The fourth-order valence-electron chi connectivity index (χ4n) is 5.87. The zero-order valence-corrected chi connectivity index (χ0v) is 32.7. The molecule has 0 radical (unpaired) electrons. The van der Waals surface area contributed by atoms with E-state index in [0.29, 0.717) is 23.9 Å². The van der Waals surface area contributed by atoms with Crippen LogP contribution in [0.2, 0.25) is 0 Å². The highest BCUT2D eigenvalue weighted by Gasteiger charge is 2.28. The number of unbranched alkanes of at least 4 members (excludes halogenated alkanes) is 23. The van der Waals surface area contributed by atoms with E-state index in [9.17, 15) is 19.4 Å². The van der Waals surface area contributed by atoms with Crippen LogP contribution in [0.5, 0.6) is 0 Å². The minimum absolute atomic E-state index is 0.0781. The predicted octanol–water partition coefficient (Wildman–Crippen LogP) is 10.2. The van der Waals surface area contributed by atoms with Crippen molar-refractivity contribution in [3.05, 3.63) is 0 Å². The van der Waals surface area contributed by atoms with E-state index in [4.69, 9.17) is 9.05 Å². The molecule has 1 amide bonds. The number of phosphoric acid groups is 1. The zero-order chi connectivity index (χ0) is 35.1. The van der Waals surface area contributed by atoms with Gasteiger partial charge in [-0.15, -0.1) is 0 Å². The van der Waals surface area contributed by atoms with Gasteiger partial charge in [-0.05, 0) is 12.8 Å². The minimum atomic E-state index is -4.30. The summed E-state index contributed by atoms with van der Waals surface area (Å²) >= 11 is 0. The number of rotatable bonds is 36. The van der Waals surface area contributed by atoms with Gasteiger partial charge in [0, 0.05) is 6.42 Å². The third-order valence-corrected chi connectivity index (χ3v) is 10.1. The van der Waals surface area contributed by atoms with Gasteiger partial charge in [-0.2, -0.15) is 0 Å². The van der Waals surface area contributed by atoms with Gasteiger partial charge in [0.15, 0.2) is 0 Å². The van der Waals surface area contributed by atoms with Crippen LogP contribution in [0, 0.1) is 0 Å². The summed E-state index contributed by atoms with van der Waals surface area (Å²) in [5.74, 6) is -0.145. The number of likely N-dealkylation sites (N-methyl/N-ethyl adjacent to an activating group) is 1. The Balaban J connectivity index is 4.43. The lowest BCUT2D eigenvalue weighted by Crippen LogP contribution is -2.46. The maximum Gasteiger partial charge on any atom is 0.472 e. The van der Waals surface area contributed by atoms with Crippen molar-refractivity contribution in [3.63, 3.8) is 0 Å². The number of nitrogens with zero attached hydrogens (tertiary/aromatic N) is 1. The summed E-state index contributed by atoms with van der Waals surface area (Å²) in [5, 5.41) is 13.9. The molecule has 0 aromatic carbocycles. The highest BCUT2D eigenvalue weighted by molar-refractivity contribution is 7.47. The van der Waals surface area contributed by atoms with Crippen molar-refractivity contribution in [1.29, 1.82) is 0 Å². The van der Waals surface area contributed by atoms with Gasteiger partial charge >= 0.3 is 7.82 Å². The van der Waals surface area contributed by atoms with Crippen LogP contribution in [0.3, 0.4) is 0 Å². The maximum absolute atomic E-state index is 12.8. The van der Waals surface area contributed by atoms with Gasteiger partial charge in [0.25, 0.3) is 0 Å². The summed E-state index contributed by atoms with van der Waals surface area (Å²) in [6.07, 6.45) is 31.1. The fraction of sp³-hybridized carbons (Fsp3) is 0.974. The van der Waals surface area contributed by atoms with Crippen LogP contribution in [0.1, 0.15) is 187 Å². The summed E-state index contributed by atoms with van der Waals surface area (Å²) in [4.78, 5) is 23.0. The Kier molecular flexibility index (Phi) is 31.1. The number of hydrogen-bond acceptors (Lipinski definition) is 5. The van der Waals surface area contributed by atoms with Crippen LogP contribution < -0.4 is 5.32 Å². The average Bonchev–Trinajstić information content (AvgIpc) is 3.01. The van der Waals surface area contributed by atoms with Gasteiger partial charge in [-0.1, -0.05) is 168 Å². The van der Waals surface area contributed by atoms with Crippen molar-refractivity contribution in [2.75, 3.05) is 40.9 Å². The van der Waals surface area contributed by atoms with Crippen LogP contribution in [0.15, 0.2) is 0 Å². The Labute approximate surface area is 291 Å². The molecule has 0 aliphatic rings. The number of aliphatic hydroxyl groups excluding tert-OH is 1. The number of hydrogen-bond donors (Lipinski definition) is 3. The van der Waals surface area contributed by atoms with Gasteiger partial charge in [-0.3, -0.25) is 13.8 Å². The summed E-state index contributed by atoms with van der Waals surface area (Å²) in [6, 6.07) is -0.750. The van der Waals surface area contributed by atoms with E-state index in [-0.39, 0.29) is 19.1 Å². The molecule has 0 aliphatic heterocycles. The quantitative estimate of drug-likeness (QED) is 0.0343. The lowest BCUT2D eigenvalue weighted by molar-refractivity contribution is -0.870. The molecule has 0 bridgehead atoms. The number of amides is 1. The number of aliphatic hydroxyl groups is 1.